The van der Waals surface area contributed by atoms with Crippen LogP contribution in [0.1, 0.15) is 161 Å². The summed E-state index contributed by atoms with van der Waals surface area (Å²) in [6.07, 6.45) is 27.2. The normalized spacial score (nSPS) is 12.1. The highest BCUT2D eigenvalue weighted by atomic mass is 16.5. The molecular formula is C33H58O3. The number of aliphatic hydroxyl groups excluding tert-OH is 1. The maximum atomic E-state index is 12.2. The number of rotatable bonds is 25. The number of unbranched alkanes of at least 4 members (excludes halogenated alkanes) is 16. The number of hydrogen-bond donors (Lipinski definition) is 1. The number of aliphatic hydroxyl groups is 1. The molecule has 1 unspecified atom stereocenters. The van der Waals surface area contributed by atoms with E-state index in [1.54, 1.807) is 0 Å². The standard InChI is InChI=1S/C33H58O3/c1-3-5-7-9-11-12-13-14-16-18-20-23-31(34)24-21-25-33(35)36-32-28-26-30(27-29-32)22-19-17-15-10-8-6-4-2/h26-29,31,34H,3-25H2,1-2H3. The molecule has 0 aliphatic heterocycles. The van der Waals surface area contributed by atoms with Crippen molar-refractivity contribution < 1.29 is 14.6 Å². The number of esters is 1. The van der Waals surface area contributed by atoms with Gasteiger partial charge in [0.15, 0.2) is 0 Å². The summed E-state index contributed by atoms with van der Waals surface area (Å²) in [5, 5.41) is 10.2. The van der Waals surface area contributed by atoms with Gasteiger partial charge in [-0.05, 0) is 49.8 Å². The molecule has 1 aromatic rings. The maximum Gasteiger partial charge on any atom is 0.311 e. The lowest BCUT2D eigenvalue weighted by Gasteiger charge is -2.10. The van der Waals surface area contributed by atoms with Crippen LogP contribution in [0.4, 0.5) is 0 Å². The van der Waals surface area contributed by atoms with Crippen molar-refractivity contribution in [2.75, 3.05) is 0 Å². The van der Waals surface area contributed by atoms with Crippen molar-refractivity contribution in [1.82, 2.24) is 0 Å². The SMILES string of the molecule is CCCCCCCCCCCCCC(O)CCCC(=O)Oc1ccc(CCCCCCCCC)cc1. The fraction of sp³-hybridized carbons (Fsp3) is 0.788. The second kappa shape index (κ2) is 24.0. The van der Waals surface area contributed by atoms with Gasteiger partial charge in [0.25, 0.3) is 0 Å². The predicted octanol–water partition coefficient (Wildman–Crippen LogP) is 10.1. The molecule has 0 aliphatic carbocycles. The van der Waals surface area contributed by atoms with Crippen LogP contribution in [-0.2, 0) is 11.2 Å². The number of aryl methyl sites for hydroxylation is 1. The molecule has 0 aromatic heterocycles. The Hall–Kier alpha value is -1.35. The first-order valence-electron chi connectivity index (χ1n) is 15.6. The first-order valence-corrected chi connectivity index (χ1v) is 15.6. The number of ether oxygens (including phenoxy) is 1. The van der Waals surface area contributed by atoms with Crippen LogP contribution in [0.25, 0.3) is 0 Å². The molecule has 3 nitrogen and oxygen atoms in total. The molecule has 0 radical (unpaired) electrons. The molecule has 0 bridgehead atoms. The van der Waals surface area contributed by atoms with Gasteiger partial charge in [-0.15, -0.1) is 0 Å². The van der Waals surface area contributed by atoms with E-state index in [9.17, 15) is 9.90 Å². The van der Waals surface area contributed by atoms with E-state index in [4.69, 9.17) is 4.74 Å². The minimum absolute atomic E-state index is 0.197. The molecule has 0 aliphatic rings. The van der Waals surface area contributed by atoms with E-state index in [0.29, 0.717) is 25.0 Å². The van der Waals surface area contributed by atoms with E-state index in [1.165, 1.54) is 115 Å². The first-order chi connectivity index (χ1) is 17.7. The second-order valence-electron chi connectivity index (χ2n) is 10.9. The monoisotopic (exact) mass is 502 g/mol. The number of benzene rings is 1. The fourth-order valence-corrected chi connectivity index (χ4v) is 4.86. The second-order valence-corrected chi connectivity index (χ2v) is 10.9. The van der Waals surface area contributed by atoms with Gasteiger partial charge < -0.3 is 9.84 Å². The lowest BCUT2D eigenvalue weighted by Crippen LogP contribution is -2.11. The molecular weight excluding hydrogens is 444 g/mol. The third-order valence-electron chi connectivity index (χ3n) is 7.28. The third-order valence-corrected chi connectivity index (χ3v) is 7.28. The van der Waals surface area contributed by atoms with Gasteiger partial charge in [-0.2, -0.15) is 0 Å². The maximum absolute atomic E-state index is 12.2. The minimum Gasteiger partial charge on any atom is -0.427 e. The largest absolute Gasteiger partial charge is 0.427 e. The van der Waals surface area contributed by atoms with Crippen molar-refractivity contribution in [3.63, 3.8) is 0 Å². The van der Waals surface area contributed by atoms with Gasteiger partial charge in [0.2, 0.25) is 0 Å². The average Bonchev–Trinajstić information content (AvgIpc) is 2.87. The summed E-state index contributed by atoms with van der Waals surface area (Å²) in [6, 6.07) is 7.99. The third kappa shape index (κ3) is 19.8. The molecule has 1 rings (SSSR count). The van der Waals surface area contributed by atoms with Gasteiger partial charge >= 0.3 is 5.97 Å². The molecule has 1 N–H and O–H groups in total. The van der Waals surface area contributed by atoms with Crippen LogP contribution in [-0.4, -0.2) is 17.2 Å². The van der Waals surface area contributed by atoms with Crippen LogP contribution < -0.4 is 4.74 Å². The van der Waals surface area contributed by atoms with E-state index < -0.39 is 0 Å². The minimum atomic E-state index is -0.290. The van der Waals surface area contributed by atoms with Crippen LogP contribution in [0.5, 0.6) is 5.75 Å². The molecule has 0 spiro atoms. The Bertz CT molecular complexity index is 610. The van der Waals surface area contributed by atoms with Crippen molar-refractivity contribution in [2.24, 2.45) is 0 Å². The van der Waals surface area contributed by atoms with Crippen molar-refractivity contribution in [3.8, 4) is 5.75 Å². The molecule has 0 heterocycles. The van der Waals surface area contributed by atoms with E-state index in [-0.39, 0.29) is 12.1 Å². The number of carbonyl (C=O) groups excluding carboxylic acids is 1. The zero-order valence-electron chi connectivity index (χ0n) is 23.9. The highest BCUT2D eigenvalue weighted by Gasteiger charge is 2.09. The molecule has 0 amide bonds. The Labute approximate surface area is 223 Å². The highest BCUT2D eigenvalue weighted by molar-refractivity contribution is 5.72. The van der Waals surface area contributed by atoms with Crippen molar-refractivity contribution in [1.29, 1.82) is 0 Å². The summed E-state index contributed by atoms with van der Waals surface area (Å²) in [4.78, 5) is 12.2. The summed E-state index contributed by atoms with van der Waals surface area (Å²) in [5.74, 6) is 0.432. The van der Waals surface area contributed by atoms with Crippen molar-refractivity contribution in [3.05, 3.63) is 29.8 Å². The van der Waals surface area contributed by atoms with Gasteiger partial charge in [-0.3, -0.25) is 4.79 Å². The topological polar surface area (TPSA) is 46.5 Å². The Balaban J connectivity index is 1.98. The zero-order valence-corrected chi connectivity index (χ0v) is 23.9. The summed E-state index contributed by atoms with van der Waals surface area (Å²) in [7, 11) is 0. The lowest BCUT2D eigenvalue weighted by molar-refractivity contribution is -0.134. The number of hydrogen-bond acceptors (Lipinski definition) is 3. The Kier molecular flexibility index (Phi) is 21.8. The molecule has 1 aromatic carbocycles. The van der Waals surface area contributed by atoms with Gasteiger partial charge in [0.05, 0.1) is 6.10 Å². The molecule has 0 saturated carbocycles. The van der Waals surface area contributed by atoms with Crippen molar-refractivity contribution >= 4 is 5.97 Å². The van der Waals surface area contributed by atoms with E-state index >= 15 is 0 Å². The highest BCUT2D eigenvalue weighted by Crippen LogP contribution is 2.17. The van der Waals surface area contributed by atoms with Crippen LogP contribution >= 0.6 is 0 Å². The Morgan fingerprint density at radius 3 is 1.61 bits per heavy atom. The summed E-state index contributed by atoms with van der Waals surface area (Å²) >= 11 is 0. The molecule has 208 valence electrons. The molecule has 0 fully saturated rings. The van der Waals surface area contributed by atoms with Crippen LogP contribution in [0.3, 0.4) is 0 Å². The van der Waals surface area contributed by atoms with E-state index in [2.05, 4.69) is 26.0 Å². The average molecular weight is 503 g/mol. The van der Waals surface area contributed by atoms with E-state index in [0.717, 1.165) is 19.3 Å². The molecule has 3 heteroatoms. The van der Waals surface area contributed by atoms with Gasteiger partial charge in [-0.1, -0.05) is 135 Å². The summed E-state index contributed by atoms with van der Waals surface area (Å²) in [5.41, 5.74) is 1.31. The zero-order chi connectivity index (χ0) is 26.1. The van der Waals surface area contributed by atoms with Crippen molar-refractivity contribution in [2.45, 2.75) is 168 Å². The first kappa shape index (κ1) is 32.7. The van der Waals surface area contributed by atoms with Crippen LogP contribution in [0.2, 0.25) is 0 Å². The Morgan fingerprint density at radius 1 is 0.639 bits per heavy atom. The predicted molar refractivity (Wildman–Crippen MR) is 155 cm³/mol. The van der Waals surface area contributed by atoms with Gasteiger partial charge in [0, 0.05) is 6.42 Å². The van der Waals surface area contributed by atoms with Gasteiger partial charge in [-0.25, -0.2) is 0 Å². The van der Waals surface area contributed by atoms with E-state index in [1.807, 2.05) is 12.1 Å². The molecule has 1 atom stereocenters. The lowest BCUT2D eigenvalue weighted by atomic mass is 10.0. The smallest absolute Gasteiger partial charge is 0.311 e. The molecule has 36 heavy (non-hydrogen) atoms. The van der Waals surface area contributed by atoms with Crippen LogP contribution in [0, 0.1) is 0 Å². The Morgan fingerprint density at radius 2 is 1.08 bits per heavy atom. The van der Waals surface area contributed by atoms with Crippen LogP contribution in [0.15, 0.2) is 24.3 Å². The van der Waals surface area contributed by atoms with Gasteiger partial charge in [0.1, 0.15) is 5.75 Å². The molecule has 0 saturated heterocycles. The summed E-state index contributed by atoms with van der Waals surface area (Å²) in [6.45, 7) is 4.52. The number of carbonyl (C=O) groups is 1. The quantitative estimate of drug-likeness (QED) is 0.0821. The fourth-order valence-electron chi connectivity index (χ4n) is 4.86. The summed E-state index contributed by atoms with van der Waals surface area (Å²) < 4.78 is 5.48.